The van der Waals surface area contributed by atoms with Gasteiger partial charge in [-0.05, 0) is 43.3 Å². The average molecular weight is 306 g/mol. The number of hydrogen-bond donors (Lipinski definition) is 1. The lowest BCUT2D eigenvalue weighted by molar-refractivity contribution is 0.284. The normalized spacial score (nSPS) is 10.5. The van der Waals surface area contributed by atoms with Crippen molar-refractivity contribution < 1.29 is 9.47 Å². The van der Waals surface area contributed by atoms with Crippen LogP contribution in [-0.4, -0.2) is 14.2 Å². The van der Waals surface area contributed by atoms with Gasteiger partial charge < -0.3 is 14.8 Å². The van der Waals surface area contributed by atoms with Gasteiger partial charge in [-0.3, -0.25) is 0 Å². The minimum atomic E-state index is 0.415. The molecular weight excluding hydrogens is 286 g/mol. The van der Waals surface area contributed by atoms with E-state index in [0.717, 1.165) is 39.8 Å². The standard InChI is InChI=1S/C17H20ClNO2/c1-12-4-6-14(15(18)8-12)11-21-17-9-13(10-19-2)5-7-16(17)20-3/h4-9,19H,10-11H2,1-3H3. The number of ether oxygens (including phenoxy) is 2. The van der Waals surface area contributed by atoms with Crippen LogP contribution in [0.2, 0.25) is 5.02 Å². The second-order valence-electron chi connectivity index (χ2n) is 4.90. The largest absolute Gasteiger partial charge is 0.493 e. The lowest BCUT2D eigenvalue weighted by Crippen LogP contribution is -2.06. The minimum absolute atomic E-state index is 0.415. The van der Waals surface area contributed by atoms with Gasteiger partial charge in [0.2, 0.25) is 0 Å². The first-order valence-corrected chi connectivity index (χ1v) is 7.21. The highest BCUT2D eigenvalue weighted by Crippen LogP contribution is 2.29. The van der Waals surface area contributed by atoms with Crippen molar-refractivity contribution in [3.05, 3.63) is 58.1 Å². The highest BCUT2D eigenvalue weighted by molar-refractivity contribution is 6.31. The van der Waals surface area contributed by atoms with Gasteiger partial charge in [0.15, 0.2) is 11.5 Å². The van der Waals surface area contributed by atoms with E-state index in [0.29, 0.717) is 6.61 Å². The van der Waals surface area contributed by atoms with Crippen LogP contribution < -0.4 is 14.8 Å². The van der Waals surface area contributed by atoms with Crippen LogP contribution in [0.3, 0.4) is 0 Å². The van der Waals surface area contributed by atoms with Gasteiger partial charge in [-0.1, -0.05) is 29.8 Å². The van der Waals surface area contributed by atoms with E-state index < -0.39 is 0 Å². The number of benzene rings is 2. The van der Waals surface area contributed by atoms with Gasteiger partial charge in [-0.2, -0.15) is 0 Å². The maximum Gasteiger partial charge on any atom is 0.161 e. The van der Waals surface area contributed by atoms with Crippen LogP contribution in [0.1, 0.15) is 16.7 Å². The van der Waals surface area contributed by atoms with Crippen molar-refractivity contribution in [2.24, 2.45) is 0 Å². The van der Waals surface area contributed by atoms with Crippen LogP contribution in [-0.2, 0) is 13.2 Å². The number of halogens is 1. The summed E-state index contributed by atoms with van der Waals surface area (Å²) in [5, 5.41) is 3.84. The smallest absolute Gasteiger partial charge is 0.161 e. The molecule has 4 heteroatoms. The molecule has 0 radical (unpaired) electrons. The van der Waals surface area contributed by atoms with Crippen LogP contribution in [0, 0.1) is 6.92 Å². The van der Waals surface area contributed by atoms with Crippen LogP contribution in [0.4, 0.5) is 0 Å². The molecule has 0 atom stereocenters. The van der Waals surface area contributed by atoms with Gasteiger partial charge in [0.1, 0.15) is 6.61 Å². The molecule has 0 aromatic heterocycles. The molecule has 0 unspecified atom stereocenters. The van der Waals surface area contributed by atoms with E-state index in [1.165, 1.54) is 0 Å². The van der Waals surface area contributed by atoms with E-state index >= 15 is 0 Å². The summed E-state index contributed by atoms with van der Waals surface area (Å²) in [4.78, 5) is 0. The quantitative estimate of drug-likeness (QED) is 0.876. The Labute approximate surface area is 130 Å². The molecule has 0 bridgehead atoms. The highest BCUT2D eigenvalue weighted by atomic mass is 35.5. The summed E-state index contributed by atoms with van der Waals surface area (Å²) < 4.78 is 11.2. The molecule has 1 N–H and O–H groups in total. The first kappa shape index (κ1) is 15.7. The number of rotatable bonds is 6. The first-order chi connectivity index (χ1) is 10.1. The Kier molecular flexibility index (Phi) is 5.48. The van der Waals surface area contributed by atoms with E-state index in [9.17, 15) is 0 Å². The predicted molar refractivity (Wildman–Crippen MR) is 86.3 cm³/mol. The van der Waals surface area contributed by atoms with E-state index in [4.69, 9.17) is 21.1 Å². The zero-order valence-electron chi connectivity index (χ0n) is 12.6. The van der Waals surface area contributed by atoms with Crippen molar-refractivity contribution in [3.8, 4) is 11.5 Å². The summed E-state index contributed by atoms with van der Waals surface area (Å²) in [7, 11) is 3.55. The summed E-state index contributed by atoms with van der Waals surface area (Å²) >= 11 is 6.23. The molecule has 112 valence electrons. The Morgan fingerprint density at radius 2 is 1.90 bits per heavy atom. The number of methoxy groups -OCH3 is 1. The zero-order chi connectivity index (χ0) is 15.2. The highest BCUT2D eigenvalue weighted by Gasteiger charge is 2.08. The Bertz CT molecular complexity index is 614. The monoisotopic (exact) mass is 305 g/mol. The predicted octanol–water partition coefficient (Wildman–Crippen LogP) is 3.96. The van der Waals surface area contributed by atoms with Crippen molar-refractivity contribution >= 4 is 11.6 Å². The van der Waals surface area contributed by atoms with Crippen molar-refractivity contribution in [2.45, 2.75) is 20.1 Å². The maximum atomic E-state index is 6.23. The molecule has 2 aromatic rings. The third kappa shape index (κ3) is 4.13. The molecule has 0 spiro atoms. The van der Waals surface area contributed by atoms with Gasteiger partial charge in [-0.15, -0.1) is 0 Å². The molecule has 0 heterocycles. The second kappa shape index (κ2) is 7.34. The fourth-order valence-corrected chi connectivity index (χ4v) is 2.36. The first-order valence-electron chi connectivity index (χ1n) is 6.83. The SMILES string of the molecule is CNCc1ccc(OC)c(OCc2ccc(C)cc2Cl)c1. The van der Waals surface area contributed by atoms with Crippen LogP contribution in [0.25, 0.3) is 0 Å². The summed E-state index contributed by atoms with van der Waals surface area (Å²) in [6, 6.07) is 11.9. The third-order valence-corrected chi connectivity index (χ3v) is 3.55. The Morgan fingerprint density at radius 3 is 2.57 bits per heavy atom. The van der Waals surface area contributed by atoms with Gasteiger partial charge in [0.25, 0.3) is 0 Å². The second-order valence-corrected chi connectivity index (χ2v) is 5.31. The van der Waals surface area contributed by atoms with Crippen LogP contribution in [0.5, 0.6) is 11.5 Å². The molecule has 0 aliphatic heterocycles. The molecule has 21 heavy (non-hydrogen) atoms. The van der Waals surface area contributed by atoms with Crippen LogP contribution in [0.15, 0.2) is 36.4 Å². The maximum absolute atomic E-state index is 6.23. The fraction of sp³-hybridized carbons (Fsp3) is 0.294. The Morgan fingerprint density at radius 1 is 1.10 bits per heavy atom. The summed E-state index contributed by atoms with van der Waals surface area (Å²) in [6.45, 7) is 3.21. The summed E-state index contributed by atoms with van der Waals surface area (Å²) in [5.74, 6) is 1.44. The lowest BCUT2D eigenvalue weighted by Gasteiger charge is -2.13. The Balaban J connectivity index is 2.16. The molecule has 0 saturated carbocycles. The van der Waals surface area contributed by atoms with Gasteiger partial charge in [-0.25, -0.2) is 0 Å². The van der Waals surface area contributed by atoms with Crippen molar-refractivity contribution in [1.29, 1.82) is 0 Å². The van der Waals surface area contributed by atoms with E-state index in [-0.39, 0.29) is 0 Å². The van der Waals surface area contributed by atoms with Gasteiger partial charge in [0.05, 0.1) is 7.11 Å². The fourth-order valence-electron chi connectivity index (χ4n) is 2.07. The molecule has 0 aliphatic rings. The molecule has 0 amide bonds. The van der Waals surface area contributed by atoms with Crippen molar-refractivity contribution in [2.75, 3.05) is 14.2 Å². The molecule has 0 fully saturated rings. The molecule has 0 saturated heterocycles. The molecule has 2 rings (SSSR count). The molecule has 0 aliphatic carbocycles. The number of nitrogens with one attached hydrogen (secondary N) is 1. The topological polar surface area (TPSA) is 30.5 Å². The van der Waals surface area contributed by atoms with E-state index in [1.807, 2.05) is 50.4 Å². The van der Waals surface area contributed by atoms with Gasteiger partial charge in [0, 0.05) is 17.1 Å². The van der Waals surface area contributed by atoms with Crippen molar-refractivity contribution in [3.63, 3.8) is 0 Å². The van der Waals surface area contributed by atoms with Gasteiger partial charge >= 0.3 is 0 Å². The third-order valence-electron chi connectivity index (χ3n) is 3.20. The minimum Gasteiger partial charge on any atom is -0.493 e. The number of aryl methyl sites for hydroxylation is 1. The van der Waals surface area contributed by atoms with E-state index in [2.05, 4.69) is 5.32 Å². The average Bonchev–Trinajstić information content (AvgIpc) is 2.47. The summed E-state index contributed by atoms with van der Waals surface area (Å²) in [5.41, 5.74) is 3.24. The van der Waals surface area contributed by atoms with Crippen LogP contribution >= 0.6 is 11.6 Å². The summed E-state index contributed by atoms with van der Waals surface area (Å²) in [6.07, 6.45) is 0. The molecule has 2 aromatic carbocycles. The van der Waals surface area contributed by atoms with Crippen molar-refractivity contribution in [1.82, 2.24) is 5.32 Å². The molecular formula is C17H20ClNO2. The molecule has 3 nitrogen and oxygen atoms in total. The Hall–Kier alpha value is -1.71. The van der Waals surface area contributed by atoms with E-state index in [1.54, 1.807) is 7.11 Å². The lowest BCUT2D eigenvalue weighted by atomic mass is 10.1. The zero-order valence-corrected chi connectivity index (χ0v) is 13.3. The number of hydrogen-bond acceptors (Lipinski definition) is 3.